The molecule has 0 spiro atoms. The van der Waals surface area contributed by atoms with Gasteiger partial charge < -0.3 is 14.7 Å². The van der Waals surface area contributed by atoms with Crippen LogP contribution in [-0.4, -0.2) is 40.2 Å². The highest BCUT2D eigenvalue weighted by Crippen LogP contribution is 2.31. The molecular formula is C20H22N4O2. The number of carbonyl (C=O) groups excluding carboxylic acids is 1. The van der Waals surface area contributed by atoms with E-state index in [1.807, 2.05) is 30.3 Å². The first-order valence-corrected chi connectivity index (χ1v) is 9.13. The third-order valence-corrected chi connectivity index (χ3v) is 5.28. The van der Waals surface area contributed by atoms with Crippen LogP contribution >= 0.6 is 0 Å². The van der Waals surface area contributed by atoms with Crippen molar-refractivity contribution in [2.75, 3.05) is 13.1 Å². The molecule has 1 aromatic carbocycles. The molecule has 4 rings (SSSR count). The van der Waals surface area contributed by atoms with Crippen LogP contribution in [0, 0.1) is 18.3 Å². The van der Waals surface area contributed by atoms with Crippen molar-refractivity contribution in [2.45, 2.75) is 37.6 Å². The quantitative estimate of drug-likeness (QED) is 0.842. The molecule has 0 bridgehead atoms. The average molecular weight is 350 g/mol. The molecule has 2 heterocycles. The van der Waals surface area contributed by atoms with Gasteiger partial charge in [0.15, 0.2) is 0 Å². The number of rotatable bonds is 5. The highest BCUT2D eigenvalue weighted by molar-refractivity contribution is 5.76. The zero-order chi connectivity index (χ0) is 17.9. The number of likely N-dealkylation sites (tertiary alicyclic amines) is 1. The van der Waals surface area contributed by atoms with Crippen molar-refractivity contribution < 1.29 is 9.32 Å². The normalized spacial score (nSPS) is 18.5. The number of amides is 2. The lowest BCUT2D eigenvalue weighted by molar-refractivity contribution is 0.134. The second-order valence-electron chi connectivity index (χ2n) is 7.13. The summed E-state index contributed by atoms with van der Waals surface area (Å²) >= 11 is 0. The van der Waals surface area contributed by atoms with Gasteiger partial charge in [0.2, 0.25) is 11.7 Å². The largest absolute Gasteiger partial charge is 0.339 e. The molecule has 1 N–H and O–H groups in total. The Labute approximate surface area is 153 Å². The minimum absolute atomic E-state index is 0.0848. The lowest BCUT2D eigenvalue weighted by Crippen LogP contribution is -2.54. The third kappa shape index (κ3) is 3.43. The van der Waals surface area contributed by atoms with Crippen molar-refractivity contribution >= 4 is 6.03 Å². The molecule has 1 aliphatic carbocycles. The summed E-state index contributed by atoms with van der Waals surface area (Å²) < 4.78 is 5.38. The summed E-state index contributed by atoms with van der Waals surface area (Å²) in [6, 6.07) is 9.42. The maximum atomic E-state index is 12.3. The predicted octanol–water partition coefficient (Wildman–Crippen LogP) is 3.04. The van der Waals surface area contributed by atoms with Crippen molar-refractivity contribution in [3.05, 3.63) is 36.2 Å². The van der Waals surface area contributed by atoms with Gasteiger partial charge in [0.1, 0.15) is 0 Å². The summed E-state index contributed by atoms with van der Waals surface area (Å²) in [5.41, 5.74) is 0.921. The highest BCUT2D eigenvalue weighted by Gasteiger charge is 2.36. The van der Waals surface area contributed by atoms with E-state index in [0.717, 1.165) is 12.0 Å². The first kappa shape index (κ1) is 16.6. The molecule has 2 aromatic rings. The molecule has 1 aromatic heterocycles. The molecule has 1 unspecified atom stereocenters. The zero-order valence-corrected chi connectivity index (χ0v) is 14.6. The van der Waals surface area contributed by atoms with Crippen LogP contribution in [0.5, 0.6) is 0 Å². The van der Waals surface area contributed by atoms with E-state index < -0.39 is 0 Å². The van der Waals surface area contributed by atoms with Gasteiger partial charge in [0.25, 0.3) is 0 Å². The monoisotopic (exact) mass is 350 g/mol. The highest BCUT2D eigenvalue weighted by atomic mass is 16.5. The van der Waals surface area contributed by atoms with Crippen LogP contribution in [0.15, 0.2) is 34.9 Å². The van der Waals surface area contributed by atoms with E-state index in [4.69, 9.17) is 10.9 Å². The van der Waals surface area contributed by atoms with Crippen molar-refractivity contribution in [3.8, 4) is 23.7 Å². The van der Waals surface area contributed by atoms with Crippen LogP contribution < -0.4 is 5.32 Å². The lowest BCUT2D eigenvalue weighted by atomic mass is 9.81. The van der Waals surface area contributed by atoms with Gasteiger partial charge in [-0.15, -0.1) is 6.42 Å². The van der Waals surface area contributed by atoms with Crippen LogP contribution in [-0.2, 0) is 0 Å². The molecule has 134 valence electrons. The molecule has 1 aliphatic heterocycles. The molecule has 26 heavy (non-hydrogen) atoms. The molecule has 1 saturated carbocycles. The number of hydrogen-bond acceptors (Lipinski definition) is 4. The van der Waals surface area contributed by atoms with Gasteiger partial charge >= 0.3 is 6.03 Å². The summed E-state index contributed by atoms with van der Waals surface area (Å²) in [7, 11) is 0. The Morgan fingerprint density at radius 3 is 2.77 bits per heavy atom. The minimum atomic E-state index is -0.181. The van der Waals surface area contributed by atoms with Gasteiger partial charge in [-0.1, -0.05) is 60.7 Å². The van der Waals surface area contributed by atoms with Gasteiger partial charge in [-0.05, 0) is 12.3 Å². The second kappa shape index (κ2) is 7.20. The first-order chi connectivity index (χ1) is 12.7. The van der Waals surface area contributed by atoms with Gasteiger partial charge in [-0.2, -0.15) is 4.98 Å². The summed E-state index contributed by atoms with van der Waals surface area (Å²) in [5, 5.41) is 6.99. The topological polar surface area (TPSA) is 71.3 Å². The maximum absolute atomic E-state index is 12.3. The number of nitrogens with one attached hydrogen (secondary N) is 1. The van der Waals surface area contributed by atoms with E-state index in [1.165, 1.54) is 19.3 Å². The molecule has 1 saturated heterocycles. The number of urea groups is 1. The third-order valence-electron chi connectivity index (χ3n) is 5.28. The zero-order valence-electron chi connectivity index (χ0n) is 14.6. The van der Waals surface area contributed by atoms with E-state index in [1.54, 1.807) is 4.90 Å². The summed E-state index contributed by atoms with van der Waals surface area (Å²) in [4.78, 5) is 18.5. The van der Waals surface area contributed by atoms with Gasteiger partial charge in [0, 0.05) is 18.7 Å². The van der Waals surface area contributed by atoms with E-state index in [0.29, 0.717) is 30.7 Å². The predicted molar refractivity (Wildman–Crippen MR) is 97.2 cm³/mol. The Hall–Kier alpha value is -2.81. The fourth-order valence-electron chi connectivity index (χ4n) is 3.38. The van der Waals surface area contributed by atoms with E-state index in [2.05, 4.69) is 21.4 Å². The van der Waals surface area contributed by atoms with Crippen LogP contribution in [0.2, 0.25) is 0 Å². The fraction of sp³-hybridized carbons (Fsp3) is 0.450. The van der Waals surface area contributed by atoms with Crippen molar-refractivity contribution in [1.29, 1.82) is 0 Å². The molecular weight excluding hydrogens is 328 g/mol. The van der Waals surface area contributed by atoms with Crippen molar-refractivity contribution in [2.24, 2.45) is 5.92 Å². The van der Waals surface area contributed by atoms with Gasteiger partial charge in [-0.25, -0.2) is 4.79 Å². The number of hydrogen-bond donors (Lipinski definition) is 1. The smallest absolute Gasteiger partial charge is 0.318 e. The van der Waals surface area contributed by atoms with Gasteiger partial charge in [0.05, 0.1) is 12.0 Å². The van der Waals surface area contributed by atoms with Crippen molar-refractivity contribution in [1.82, 2.24) is 20.4 Å². The SMILES string of the molecule is C#CC(CC1CCC1)NC(=O)N1CC(c2nc(-c3ccccc3)no2)C1. The van der Waals surface area contributed by atoms with Gasteiger partial charge in [-0.3, -0.25) is 0 Å². The second-order valence-corrected chi connectivity index (χ2v) is 7.13. The average Bonchev–Trinajstić information content (AvgIpc) is 3.06. The summed E-state index contributed by atoms with van der Waals surface area (Å²) in [6.45, 7) is 1.14. The van der Waals surface area contributed by atoms with E-state index >= 15 is 0 Å². The molecule has 2 aliphatic rings. The van der Waals surface area contributed by atoms with Crippen LogP contribution in [0.1, 0.15) is 37.5 Å². The molecule has 0 radical (unpaired) electrons. The standard InChI is InChI=1S/C20H22N4O2/c1-2-17(11-14-7-6-8-14)21-20(25)24-12-16(13-24)19-22-18(23-26-19)15-9-4-3-5-10-15/h1,3-5,9-10,14,16-17H,6-8,11-13H2,(H,21,25). The van der Waals surface area contributed by atoms with E-state index in [9.17, 15) is 4.79 Å². The first-order valence-electron chi connectivity index (χ1n) is 9.13. The van der Waals surface area contributed by atoms with Crippen LogP contribution in [0.4, 0.5) is 4.79 Å². The maximum Gasteiger partial charge on any atom is 0.318 e. The Kier molecular flexibility index (Phi) is 4.61. The Morgan fingerprint density at radius 2 is 2.12 bits per heavy atom. The van der Waals surface area contributed by atoms with E-state index in [-0.39, 0.29) is 18.0 Å². The molecule has 6 nitrogen and oxygen atoms in total. The number of carbonyl (C=O) groups is 1. The molecule has 2 fully saturated rings. The Morgan fingerprint density at radius 1 is 1.35 bits per heavy atom. The molecule has 6 heteroatoms. The fourth-order valence-corrected chi connectivity index (χ4v) is 3.38. The van der Waals surface area contributed by atoms with Crippen LogP contribution in [0.25, 0.3) is 11.4 Å². The molecule has 1 atom stereocenters. The van der Waals surface area contributed by atoms with Crippen LogP contribution in [0.3, 0.4) is 0 Å². The summed E-state index contributed by atoms with van der Waals surface area (Å²) in [5.74, 6) is 4.61. The minimum Gasteiger partial charge on any atom is -0.339 e. The number of benzene rings is 1. The summed E-state index contributed by atoms with van der Waals surface area (Å²) in [6.07, 6.45) is 10.2. The lowest BCUT2D eigenvalue weighted by Gasteiger charge is -2.38. The number of nitrogens with zero attached hydrogens (tertiary/aromatic N) is 3. The molecule has 2 amide bonds. The Bertz CT molecular complexity index is 801. The Balaban J connectivity index is 1.29. The van der Waals surface area contributed by atoms with Crippen molar-refractivity contribution in [3.63, 3.8) is 0 Å². The number of aromatic nitrogens is 2. The number of terminal acetylenes is 1.